The molecule has 0 spiro atoms. The predicted molar refractivity (Wildman–Crippen MR) is 79.6 cm³/mol. The summed E-state index contributed by atoms with van der Waals surface area (Å²) < 4.78 is 63.8. The maximum atomic E-state index is 13.0. The van der Waals surface area contributed by atoms with E-state index in [-0.39, 0.29) is 24.0 Å². The number of nitrogens with zero attached hydrogens (tertiary/aromatic N) is 1. The number of rotatable bonds is 1. The Morgan fingerprint density at radius 3 is 2.25 bits per heavy atom. The molecule has 0 aliphatic carbocycles. The summed E-state index contributed by atoms with van der Waals surface area (Å²) >= 11 is 0. The van der Waals surface area contributed by atoms with E-state index in [0.717, 1.165) is 18.6 Å². The van der Waals surface area contributed by atoms with Crippen molar-refractivity contribution in [3.63, 3.8) is 0 Å². The Morgan fingerprint density at radius 2 is 1.75 bits per heavy atom. The van der Waals surface area contributed by atoms with Gasteiger partial charge in [-0.1, -0.05) is 6.42 Å². The minimum atomic E-state index is -4.64. The number of sulfone groups is 1. The van der Waals surface area contributed by atoms with Gasteiger partial charge in [-0.15, -0.1) is 0 Å². The Bertz CT molecular complexity index is 791. The van der Waals surface area contributed by atoms with Gasteiger partial charge in [0, 0.05) is 0 Å². The van der Waals surface area contributed by atoms with Gasteiger partial charge >= 0.3 is 6.18 Å². The van der Waals surface area contributed by atoms with Gasteiger partial charge in [0.15, 0.2) is 9.84 Å². The van der Waals surface area contributed by atoms with E-state index in [2.05, 4.69) is 0 Å². The lowest BCUT2D eigenvalue weighted by Crippen LogP contribution is -2.50. The number of fused-ring (bicyclic) bond motifs is 2. The highest BCUT2D eigenvalue weighted by Gasteiger charge is 2.51. The molecule has 0 amide bonds. The monoisotopic (exact) mass is 359 g/mol. The number of benzene rings is 1. The number of nitriles is 1. The lowest BCUT2D eigenvalue weighted by Gasteiger charge is -2.44. The zero-order valence-corrected chi connectivity index (χ0v) is 13.5. The molecule has 2 aliphatic heterocycles. The van der Waals surface area contributed by atoms with Gasteiger partial charge in [0.2, 0.25) is 0 Å². The lowest BCUT2D eigenvalue weighted by atomic mass is 9.79. The van der Waals surface area contributed by atoms with Crippen LogP contribution in [0.5, 0.6) is 0 Å². The van der Waals surface area contributed by atoms with E-state index in [0.29, 0.717) is 12.8 Å². The molecule has 2 aliphatic rings. The predicted octanol–water partition coefficient (Wildman–Crippen LogP) is 2.89. The molecule has 4 nitrogen and oxygen atoms in total. The summed E-state index contributed by atoms with van der Waals surface area (Å²) in [5, 5.41) is 18.5. The van der Waals surface area contributed by atoms with Crippen LogP contribution in [0.25, 0.3) is 0 Å². The summed E-state index contributed by atoms with van der Waals surface area (Å²) in [6, 6.07) is 4.46. The molecule has 2 heterocycles. The van der Waals surface area contributed by atoms with Gasteiger partial charge in [-0.3, -0.25) is 0 Å². The second kappa shape index (κ2) is 5.46. The van der Waals surface area contributed by atoms with Crippen LogP contribution in [0.4, 0.5) is 13.2 Å². The van der Waals surface area contributed by atoms with E-state index in [1.165, 1.54) is 6.07 Å². The van der Waals surface area contributed by atoms with Crippen LogP contribution in [0.1, 0.15) is 48.8 Å². The van der Waals surface area contributed by atoms with Gasteiger partial charge in [-0.25, -0.2) is 8.42 Å². The second-order valence-electron chi connectivity index (χ2n) is 6.61. The van der Waals surface area contributed by atoms with E-state index in [1.807, 2.05) is 0 Å². The molecule has 24 heavy (non-hydrogen) atoms. The van der Waals surface area contributed by atoms with Crippen LogP contribution in [0, 0.1) is 11.3 Å². The van der Waals surface area contributed by atoms with Crippen molar-refractivity contribution in [1.82, 2.24) is 0 Å². The summed E-state index contributed by atoms with van der Waals surface area (Å²) in [5.41, 5.74) is -2.90. The van der Waals surface area contributed by atoms with Crippen molar-refractivity contribution < 1.29 is 26.7 Å². The summed E-state index contributed by atoms with van der Waals surface area (Å²) in [6.07, 6.45) is -3.35. The van der Waals surface area contributed by atoms with Crippen LogP contribution in [0.15, 0.2) is 18.2 Å². The molecule has 2 unspecified atom stereocenters. The van der Waals surface area contributed by atoms with Crippen molar-refractivity contribution in [3.8, 4) is 6.07 Å². The Morgan fingerprint density at radius 1 is 1.17 bits per heavy atom. The zero-order chi connectivity index (χ0) is 17.8. The van der Waals surface area contributed by atoms with Crippen LogP contribution >= 0.6 is 0 Å². The summed E-state index contributed by atoms with van der Waals surface area (Å²) in [4.78, 5) is 0. The second-order valence-corrected chi connectivity index (χ2v) is 9.12. The molecule has 8 heteroatoms. The highest BCUT2D eigenvalue weighted by Crippen LogP contribution is 2.47. The molecular weight excluding hydrogens is 343 g/mol. The van der Waals surface area contributed by atoms with Crippen molar-refractivity contribution in [1.29, 1.82) is 5.26 Å². The molecule has 1 N–H and O–H groups in total. The molecule has 2 saturated heterocycles. The first-order valence-corrected chi connectivity index (χ1v) is 9.25. The molecule has 0 aromatic heterocycles. The topological polar surface area (TPSA) is 78.2 Å². The molecule has 1 aromatic rings. The molecular formula is C16H16F3NO3S. The van der Waals surface area contributed by atoms with Crippen LogP contribution in [-0.2, 0) is 21.6 Å². The van der Waals surface area contributed by atoms with Crippen LogP contribution < -0.4 is 0 Å². The molecule has 1 aromatic carbocycles. The summed E-state index contributed by atoms with van der Waals surface area (Å²) in [6.45, 7) is 0. The van der Waals surface area contributed by atoms with Gasteiger partial charge in [-0.05, 0) is 49.4 Å². The van der Waals surface area contributed by atoms with Crippen molar-refractivity contribution in [2.75, 3.05) is 0 Å². The van der Waals surface area contributed by atoms with Gasteiger partial charge in [0.25, 0.3) is 0 Å². The van der Waals surface area contributed by atoms with E-state index in [9.17, 15) is 26.7 Å². The number of aliphatic hydroxyl groups is 1. The zero-order valence-electron chi connectivity index (χ0n) is 12.7. The van der Waals surface area contributed by atoms with Crippen LogP contribution in [-0.4, -0.2) is 24.0 Å². The Balaban J connectivity index is 2.07. The third-order valence-corrected chi connectivity index (χ3v) is 7.70. The number of halogens is 3. The Labute approximate surface area is 137 Å². The number of alkyl halides is 3. The van der Waals surface area contributed by atoms with E-state index < -0.39 is 37.7 Å². The maximum absolute atomic E-state index is 13.0. The number of hydrogen-bond acceptors (Lipinski definition) is 4. The van der Waals surface area contributed by atoms with Crippen molar-refractivity contribution >= 4 is 9.84 Å². The Kier molecular flexibility index (Phi) is 3.92. The molecule has 2 fully saturated rings. The van der Waals surface area contributed by atoms with E-state index in [1.54, 1.807) is 6.07 Å². The quantitative estimate of drug-likeness (QED) is 0.836. The fourth-order valence-electron chi connectivity index (χ4n) is 3.81. The van der Waals surface area contributed by atoms with Crippen molar-refractivity contribution in [2.45, 2.75) is 54.4 Å². The Hall–Kier alpha value is -1.59. The minimum Gasteiger partial charge on any atom is -0.385 e. The summed E-state index contributed by atoms with van der Waals surface area (Å²) in [7, 11) is -3.35. The largest absolute Gasteiger partial charge is 0.416 e. The molecule has 0 saturated carbocycles. The molecule has 0 radical (unpaired) electrons. The highest BCUT2D eigenvalue weighted by molar-refractivity contribution is 7.92. The van der Waals surface area contributed by atoms with Gasteiger partial charge < -0.3 is 5.11 Å². The first-order valence-electron chi connectivity index (χ1n) is 7.64. The first kappa shape index (κ1) is 17.2. The third kappa shape index (κ3) is 2.80. The SMILES string of the molecule is N#Cc1cc(C(F)(F)F)cc(C2(O)CC3CCCC(C2)S3(=O)=O)c1. The smallest absolute Gasteiger partial charge is 0.385 e. The first-order chi connectivity index (χ1) is 11.1. The highest BCUT2D eigenvalue weighted by atomic mass is 32.2. The standard InChI is InChI=1S/C16H16F3NO3S/c17-16(18,19)12-5-10(9-20)4-11(6-12)15(21)7-13-2-1-3-14(8-15)24(13,22)23/h4-6,13-14,21H,1-3,7-8H2. The van der Waals surface area contributed by atoms with E-state index >= 15 is 0 Å². The molecule has 3 rings (SSSR count). The van der Waals surface area contributed by atoms with Crippen LogP contribution in [0.2, 0.25) is 0 Å². The number of hydrogen-bond donors (Lipinski definition) is 1. The van der Waals surface area contributed by atoms with Crippen LogP contribution in [0.3, 0.4) is 0 Å². The van der Waals surface area contributed by atoms with Crippen molar-refractivity contribution in [3.05, 3.63) is 34.9 Å². The van der Waals surface area contributed by atoms with Gasteiger partial charge in [-0.2, -0.15) is 18.4 Å². The van der Waals surface area contributed by atoms with Crippen molar-refractivity contribution in [2.24, 2.45) is 0 Å². The maximum Gasteiger partial charge on any atom is 0.416 e. The minimum absolute atomic E-state index is 0.0272. The average molecular weight is 359 g/mol. The lowest BCUT2D eigenvalue weighted by molar-refractivity contribution is -0.137. The van der Waals surface area contributed by atoms with Gasteiger partial charge in [0.1, 0.15) is 0 Å². The third-order valence-electron chi connectivity index (χ3n) is 5.04. The summed E-state index contributed by atoms with van der Waals surface area (Å²) in [5.74, 6) is 0. The van der Waals surface area contributed by atoms with Gasteiger partial charge in [0.05, 0.1) is 33.3 Å². The van der Waals surface area contributed by atoms with E-state index in [4.69, 9.17) is 5.26 Å². The fraction of sp³-hybridized carbons (Fsp3) is 0.562. The fourth-order valence-corrected chi connectivity index (χ4v) is 6.36. The normalized spacial score (nSPS) is 32.1. The average Bonchev–Trinajstić information content (AvgIpc) is 2.47. The molecule has 2 bridgehead atoms. The molecule has 130 valence electrons. The molecule has 2 atom stereocenters.